The van der Waals surface area contributed by atoms with Gasteiger partial charge in [0.2, 0.25) is 0 Å². The largest absolute Gasteiger partial charge is 0.290 e. The van der Waals surface area contributed by atoms with Crippen LogP contribution in [0.4, 0.5) is 11.5 Å². The number of carbonyl (C=O) groups is 2. The first kappa shape index (κ1) is 12.9. The molecule has 2 amide bonds. The van der Waals surface area contributed by atoms with Crippen LogP contribution in [0.5, 0.6) is 0 Å². The van der Waals surface area contributed by atoms with E-state index in [1.165, 1.54) is 13.0 Å². The molecule has 0 fully saturated rings. The number of anilines is 1. The van der Waals surface area contributed by atoms with Crippen molar-refractivity contribution < 1.29 is 14.5 Å². The van der Waals surface area contributed by atoms with E-state index in [-0.39, 0.29) is 11.5 Å². The number of nitrogens with zero attached hydrogens (tertiary/aromatic N) is 3. The molecule has 1 aromatic heterocycles. The SMILES string of the molecule is Cc1cc(N2C(=O)c3ccccc3C2=O)ncc1[N+](=O)[O-]. The number of hydrogen-bond donors (Lipinski definition) is 0. The molecular weight excluding hydrogens is 274 g/mol. The van der Waals surface area contributed by atoms with E-state index in [1.54, 1.807) is 24.3 Å². The van der Waals surface area contributed by atoms with Crippen molar-refractivity contribution in [1.82, 2.24) is 4.98 Å². The highest BCUT2D eigenvalue weighted by Crippen LogP contribution is 2.29. The van der Waals surface area contributed by atoms with Crippen LogP contribution in [0, 0.1) is 17.0 Å². The number of aryl methyl sites for hydroxylation is 1. The molecule has 0 aliphatic carbocycles. The number of fused-ring (bicyclic) bond motifs is 1. The average Bonchev–Trinajstić information content (AvgIpc) is 2.71. The Balaban J connectivity index is 2.07. The summed E-state index contributed by atoms with van der Waals surface area (Å²) in [7, 11) is 0. The van der Waals surface area contributed by atoms with Gasteiger partial charge in [-0.15, -0.1) is 0 Å². The average molecular weight is 283 g/mol. The van der Waals surface area contributed by atoms with Crippen molar-refractivity contribution in [3.8, 4) is 0 Å². The minimum absolute atomic E-state index is 0.0873. The van der Waals surface area contributed by atoms with Gasteiger partial charge in [0.05, 0.1) is 16.1 Å². The summed E-state index contributed by atoms with van der Waals surface area (Å²) in [5, 5.41) is 10.8. The number of hydrogen-bond acceptors (Lipinski definition) is 5. The molecule has 3 rings (SSSR count). The molecule has 1 aliphatic rings. The van der Waals surface area contributed by atoms with Gasteiger partial charge >= 0.3 is 0 Å². The summed E-state index contributed by atoms with van der Waals surface area (Å²) in [6, 6.07) is 7.82. The molecule has 21 heavy (non-hydrogen) atoms. The Hall–Kier alpha value is -3.09. The first-order chi connectivity index (χ1) is 10.0. The van der Waals surface area contributed by atoms with Gasteiger partial charge in [-0.1, -0.05) is 12.1 Å². The van der Waals surface area contributed by atoms with E-state index in [0.29, 0.717) is 16.7 Å². The maximum atomic E-state index is 12.3. The van der Waals surface area contributed by atoms with Crippen LogP contribution >= 0.6 is 0 Å². The fourth-order valence-corrected chi connectivity index (χ4v) is 2.24. The monoisotopic (exact) mass is 283 g/mol. The van der Waals surface area contributed by atoms with Gasteiger partial charge in [0, 0.05) is 5.56 Å². The lowest BCUT2D eigenvalue weighted by molar-refractivity contribution is -0.385. The fraction of sp³-hybridized carbons (Fsp3) is 0.0714. The number of imide groups is 1. The third-order valence-electron chi connectivity index (χ3n) is 3.29. The van der Waals surface area contributed by atoms with Gasteiger partial charge in [0.25, 0.3) is 17.5 Å². The normalized spacial score (nSPS) is 13.5. The van der Waals surface area contributed by atoms with Crippen molar-refractivity contribution in [2.75, 3.05) is 4.90 Å². The predicted molar refractivity (Wildman–Crippen MR) is 73.2 cm³/mol. The number of nitro groups is 1. The van der Waals surface area contributed by atoms with Crippen LogP contribution in [-0.2, 0) is 0 Å². The highest BCUT2D eigenvalue weighted by Gasteiger charge is 2.37. The Morgan fingerprint density at radius 3 is 2.19 bits per heavy atom. The lowest BCUT2D eigenvalue weighted by atomic mass is 10.1. The van der Waals surface area contributed by atoms with Crippen molar-refractivity contribution in [2.45, 2.75) is 6.92 Å². The summed E-state index contributed by atoms with van der Waals surface area (Å²) in [5.41, 5.74) is 0.789. The van der Waals surface area contributed by atoms with Gasteiger partial charge in [-0.3, -0.25) is 19.7 Å². The molecule has 0 unspecified atom stereocenters. The van der Waals surface area contributed by atoms with E-state index >= 15 is 0 Å². The smallest absolute Gasteiger partial charge is 0.268 e. The first-order valence-electron chi connectivity index (χ1n) is 6.09. The van der Waals surface area contributed by atoms with E-state index < -0.39 is 16.7 Å². The van der Waals surface area contributed by atoms with Crippen LogP contribution in [0.1, 0.15) is 26.3 Å². The van der Waals surface area contributed by atoms with Crippen LogP contribution in [0.2, 0.25) is 0 Å². The Kier molecular flexibility index (Phi) is 2.76. The molecule has 0 N–H and O–H groups in total. The summed E-state index contributed by atoms with van der Waals surface area (Å²) in [6.45, 7) is 1.53. The lowest BCUT2D eigenvalue weighted by Crippen LogP contribution is -2.30. The maximum absolute atomic E-state index is 12.3. The van der Waals surface area contributed by atoms with E-state index in [1.807, 2.05) is 0 Å². The molecule has 0 atom stereocenters. The van der Waals surface area contributed by atoms with Crippen LogP contribution in [-0.4, -0.2) is 21.7 Å². The van der Waals surface area contributed by atoms with Gasteiger partial charge in [-0.05, 0) is 25.1 Å². The van der Waals surface area contributed by atoms with Gasteiger partial charge < -0.3 is 0 Å². The number of amides is 2. The van der Waals surface area contributed by atoms with Crippen LogP contribution in [0.25, 0.3) is 0 Å². The molecule has 2 aromatic rings. The molecule has 2 heterocycles. The van der Waals surface area contributed by atoms with Crippen molar-refractivity contribution in [2.24, 2.45) is 0 Å². The highest BCUT2D eigenvalue weighted by molar-refractivity contribution is 6.34. The van der Waals surface area contributed by atoms with Crippen LogP contribution < -0.4 is 4.90 Å². The molecule has 1 aromatic carbocycles. The summed E-state index contributed by atoms with van der Waals surface area (Å²) in [5.74, 6) is -0.864. The zero-order valence-electron chi connectivity index (χ0n) is 10.9. The summed E-state index contributed by atoms with van der Waals surface area (Å²) in [4.78, 5) is 39.6. The van der Waals surface area contributed by atoms with E-state index in [0.717, 1.165) is 11.1 Å². The first-order valence-corrected chi connectivity index (χ1v) is 6.09. The molecule has 0 bridgehead atoms. The van der Waals surface area contributed by atoms with Gasteiger partial charge in [0.1, 0.15) is 12.0 Å². The zero-order chi connectivity index (χ0) is 15.1. The van der Waals surface area contributed by atoms with E-state index in [9.17, 15) is 19.7 Å². The number of rotatable bonds is 2. The highest BCUT2D eigenvalue weighted by atomic mass is 16.6. The van der Waals surface area contributed by atoms with Gasteiger partial charge in [-0.2, -0.15) is 0 Å². The molecule has 0 saturated heterocycles. The molecule has 7 heteroatoms. The zero-order valence-corrected chi connectivity index (χ0v) is 10.9. The third-order valence-corrected chi connectivity index (χ3v) is 3.29. The number of carbonyl (C=O) groups excluding carboxylic acids is 2. The maximum Gasteiger partial charge on any atom is 0.290 e. The molecule has 7 nitrogen and oxygen atoms in total. The summed E-state index contributed by atoms with van der Waals surface area (Å²) < 4.78 is 0. The minimum atomic E-state index is -0.561. The standard InChI is InChI=1S/C14H9N3O4/c1-8-6-12(15-7-11(8)17(20)21)16-13(18)9-4-2-3-5-10(9)14(16)19/h2-7H,1H3. The number of aromatic nitrogens is 1. The van der Waals surface area contributed by atoms with Crippen molar-refractivity contribution in [3.05, 3.63) is 63.3 Å². The summed E-state index contributed by atoms with van der Waals surface area (Å²) in [6.07, 6.45) is 1.05. The second-order valence-corrected chi connectivity index (χ2v) is 4.58. The van der Waals surface area contributed by atoms with Crippen molar-refractivity contribution in [3.63, 3.8) is 0 Å². The van der Waals surface area contributed by atoms with Crippen LogP contribution in [0.15, 0.2) is 36.5 Å². The second-order valence-electron chi connectivity index (χ2n) is 4.58. The Bertz CT molecular complexity index is 766. The Morgan fingerprint density at radius 1 is 1.14 bits per heavy atom. The predicted octanol–water partition coefficient (Wildman–Crippen LogP) is 2.10. The van der Waals surface area contributed by atoms with Gasteiger partial charge in [0.15, 0.2) is 0 Å². The lowest BCUT2D eigenvalue weighted by Gasteiger charge is -2.12. The Labute approximate surface area is 119 Å². The van der Waals surface area contributed by atoms with Crippen LogP contribution in [0.3, 0.4) is 0 Å². The molecular formula is C14H9N3O4. The van der Waals surface area contributed by atoms with E-state index in [4.69, 9.17) is 0 Å². The molecule has 104 valence electrons. The quantitative estimate of drug-likeness (QED) is 0.478. The van der Waals surface area contributed by atoms with E-state index in [2.05, 4.69) is 4.98 Å². The molecule has 1 aliphatic heterocycles. The number of benzene rings is 1. The third kappa shape index (κ3) is 1.86. The number of pyridine rings is 1. The van der Waals surface area contributed by atoms with Crippen molar-refractivity contribution in [1.29, 1.82) is 0 Å². The second kappa shape index (κ2) is 4.48. The Morgan fingerprint density at radius 2 is 1.71 bits per heavy atom. The molecule has 0 saturated carbocycles. The topological polar surface area (TPSA) is 93.4 Å². The van der Waals surface area contributed by atoms with Gasteiger partial charge in [-0.25, -0.2) is 9.88 Å². The fourth-order valence-electron chi connectivity index (χ4n) is 2.24. The minimum Gasteiger partial charge on any atom is -0.268 e. The molecule has 0 radical (unpaired) electrons. The summed E-state index contributed by atoms with van der Waals surface area (Å²) >= 11 is 0. The molecule has 0 spiro atoms. The van der Waals surface area contributed by atoms with Crippen molar-refractivity contribution >= 4 is 23.3 Å².